The largest absolute Gasteiger partial charge is 0.444 e. The summed E-state index contributed by atoms with van der Waals surface area (Å²) in [6, 6.07) is 2.55. The predicted octanol–water partition coefficient (Wildman–Crippen LogP) is 2.23. The van der Waals surface area contributed by atoms with E-state index in [1.54, 1.807) is 4.90 Å². The zero-order chi connectivity index (χ0) is 14.5. The van der Waals surface area contributed by atoms with Gasteiger partial charge in [-0.05, 0) is 27.2 Å². The normalized spacial score (nSPS) is 18.8. The molecule has 108 valence electrons. The Morgan fingerprint density at radius 2 is 1.89 bits per heavy atom. The fraction of sp³-hybridized carbons (Fsp3) is 0.857. The number of rotatable bonds is 3. The molecule has 0 aromatic heterocycles. The van der Waals surface area contributed by atoms with Crippen LogP contribution in [0.2, 0.25) is 0 Å². The Labute approximate surface area is 116 Å². The fourth-order valence-electron chi connectivity index (χ4n) is 2.23. The van der Waals surface area contributed by atoms with Gasteiger partial charge in [-0.2, -0.15) is 5.26 Å². The van der Waals surface area contributed by atoms with Crippen LogP contribution in [0.15, 0.2) is 0 Å². The second kappa shape index (κ2) is 6.76. The molecular formula is C14H25N3O2. The van der Waals surface area contributed by atoms with Crippen molar-refractivity contribution in [3.8, 4) is 6.07 Å². The lowest BCUT2D eigenvalue weighted by molar-refractivity contribution is 0.0103. The average Bonchev–Trinajstić information content (AvgIpc) is 2.34. The van der Waals surface area contributed by atoms with Gasteiger partial charge in [-0.25, -0.2) is 4.79 Å². The summed E-state index contributed by atoms with van der Waals surface area (Å²) in [5.41, 5.74) is -0.443. The molecule has 1 aliphatic rings. The second-order valence-electron chi connectivity index (χ2n) is 5.93. The molecule has 0 spiro atoms. The lowest BCUT2D eigenvalue weighted by Crippen LogP contribution is -2.52. The molecule has 1 aliphatic heterocycles. The van der Waals surface area contributed by atoms with Gasteiger partial charge < -0.3 is 9.64 Å². The lowest BCUT2D eigenvalue weighted by Gasteiger charge is -2.38. The van der Waals surface area contributed by atoms with Crippen LogP contribution in [0, 0.1) is 11.3 Å². The zero-order valence-corrected chi connectivity index (χ0v) is 12.5. The highest BCUT2D eigenvalue weighted by atomic mass is 16.6. The molecule has 0 radical (unpaired) electrons. The molecule has 5 heteroatoms. The van der Waals surface area contributed by atoms with Gasteiger partial charge in [-0.1, -0.05) is 6.92 Å². The van der Waals surface area contributed by atoms with Crippen molar-refractivity contribution in [3.05, 3.63) is 0 Å². The highest BCUT2D eigenvalue weighted by Crippen LogP contribution is 2.15. The van der Waals surface area contributed by atoms with Crippen molar-refractivity contribution in [2.24, 2.45) is 0 Å². The minimum Gasteiger partial charge on any atom is -0.444 e. The maximum atomic E-state index is 11.9. The molecule has 1 heterocycles. The minimum atomic E-state index is -0.443. The Hall–Kier alpha value is -1.28. The molecule has 0 N–H and O–H groups in total. The molecule has 0 saturated carbocycles. The van der Waals surface area contributed by atoms with E-state index >= 15 is 0 Å². The Morgan fingerprint density at radius 1 is 1.32 bits per heavy atom. The average molecular weight is 267 g/mol. The van der Waals surface area contributed by atoms with Crippen molar-refractivity contribution >= 4 is 6.09 Å². The van der Waals surface area contributed by atoms with Crippen molar-refractivity contribution in [1.82, 2.24) is 9.80 Å². The quantitative estimate of drug-likeness (QED) is 0.787. The highest BCUT2D eigenvalue weighted by Gasteiger charge is 2.28. The number of hydrogen-bond donors (Lipinski definition) is 0. The summed E-state index contributed by atoms with van der Waals surface area (Å²) in [5.74, 6) is 0. The van der Waals surface area contributed by atoms with E-state index < -0.39 is 5.60 Å². The third kappa shape index (κ3) is 5.07. The smallest absolute Gasteiger partial charge is 0.410 e. The minimum absolute atomic E-state index is 0.236. The molecule has 0 bridgehead atoms. The Kier molecular flexibility index (Phi) is 5.61. The summed E-state index contributed by atoms with van der Waals surface area (Å²) in [5, 5.41) is 8.81. The molecule has 5 nitrogen and oxygen atoms in total. The number of carbonyl (C=O) groups excluding carboxylic acids is 1. The third-order valence-corrected chi connectivity index (χ3v) is 3.28. The van der Waals surface area contributed by atoms with Crippen molar-refractivity contribution in [2.45, 2.75) is 52.2 Å². The predicted molar refractivity (Wildman–Crippen MR) is 73.7 cm³/mol. The summed E-state index contributed by atoms with van der Waals surface area (Å²) in [6.45, 7) is 10.7. The number of nitriles is 1. The third-order valence-electron chi connectivity index (χ3n) is 3.28. The van der Waals surface area contributed by atoms with E-state index in [0.29, 0.717) is 25.6 Å². The molecule has 1 rings (SSSR count). The van der Waals surface area contributed by atoms with Gasteiger partial charge in [0.1, 0.15) is 5.60 Å². The van der Waals surface area contributed by atoms with Crippen LogP contribution in [0.3, 0.4) is 0 Å². The number of amides is 1. The van der Waals surface area contributed by atoms with Crippen molar-refractivity contribution < 1.29 is 9.53 Å². The maximum absolute atomic E-state index is 11.9. The standard InChI is InChI=1S/C14H25N3O2/c1-5-12(6-7-15)16-8-10-17(11-9-16)13(18)19-14(2,3)4/h12H,5-6,8-11H2,1-4H3. The molecule has 1 unspecified atom stereocenters. The Morgan fingerprint density at radius 3 is 2.32 bits per heavy atom. The number of carbonyl (C=O) groups is 1. The van der Waals surface area contributed by atoms with E-state index in [2.05, 4.69) is 17.9 Å². The van der Waals surface area contributed by atoms with Crippen molar-refractivity contribution in [3.63, 3.8) is 0 Å². The number of piperazine rings is 1. The molecular weight excluding hydrogens is 242 g/mol. The highest BCUT2D eigenvalue weighted by molar-refractivity contribution is 5.68. The molecule has 19 heavy (non-hydrogen) atoms. The summed E-state index contributed by atoms with van der Waals surface area (Å²) in [7, 11) is 0. The topological polar surface area (TPSA) is 56.6 Å². The fourth-order valence-corrected chi connectivity index (χ4v) is 2.23. The van der Waals surface area contributed by atoms with E-state index in [1.165, 1.54) is 0 Å². The van der Waals surface area contributed by atoms with Gasteiger partial charge in [0.2, 0.25) is 0 Å². The van der Waals surface area contributed by atoms with Gasteiger partial charge in [0.05, 0.1) is 12.5 Å². The van der Waals surface area contributed by atoms with Crippen molar-refractivity contribution in [1.29, 1.82) is 5.26 Å². The number of nitrogens with zero attached hydrogens (tertiary/aromatic N) is 3. The first-order valence-electron chi connectivity index (χ1n) is 6.96. The molecule has 1 fully saturated rings. The van der Waals surface area contributed by atoms with Crippen LogP contribution in [0.1, 0.15) is 40.5 Å². The number of hydrogen-bond acceptors (Lipinski definition) is 4. The molecule has 1 amide bonds. The van der Waals surface area contributed by atoms with E-state index in [9.17, 15) is 4.79 Å². The van der Waals surface area contributed by atoms with Crippen LogP contribution in [-0.4, -0.2) is 53.7 Å². The molecule has 0 aliphatic carbocycles. The second-order valence-corrected chi connectivity index (χ2v) is 5.93. The van der Waals surface area contributed by atoms with Crippen LogP contribution in [0.5, 0.6) is 0 Å². The molecule has 0 aromatic rings. The van der Waals surface area contributed by atoms with Crippen LogP contribution >= 0.6 is 0 Å². The van der Waals surface area contributed by atoms with Crippen molar-refractivity contribution in [2.75, 3.05) is 26.2 Å². The summed E-state index contributed by atoms with van der Waals surface area (Å²) in [4.78, 5) is 16.0. The first-order valence-corrected chi connectivity index (χ1v) is 6.96. The zero-order valence-electron chi connectivity index (χ0n) is 12.5. The SMILES string of the molecule is CCC(CC#N)N1CCN(C(=O)OC(C)(C)C)CC1. The Balaban J connectivity index is 2.44. The summed E-state index contributed by atoms with van der Waals surface area (Å²) >= 11 is 0. The van der Waals surface area contributed by atoms with E-state index in [1.807, 2.05) is 20.8 Å². The van der Waals surface area contributed by atoms with Gasteiger partial charge in [-0.15, -0.1) is 0 Å². The van der Waals surface area contributed by atoms with Gasteiger partial charge in [-0.3, -0.25) is 4.90 Å². The molecule has 1 saturated heterocycles. The van der Waals surface area contributed by atoms with Crippen LogP contribution in [-0.2, 0) is 4.74 Å². The van der Waals surface area contributed by atoms with Gasteiger partial charge in [0, 0.05) is 32.2 Å². The van der Waals surface area contributed by atoms with Crippen LogP contribution in [0.25, 0.3) is 0 Å². The molecule has 1 atom stereocenters. The first kappa shape index (κ1) is 15.8. The lowest BCUT2D eigenvalue weighted by atomic mass is 10.1. The van der Waals surface area contributed by atoms with E-state index in [4.69, 9.17) is 10.00 Å². The molecule has 0 aromatic carbocycles. The first-order chi connectivity index (χ1) is 8.87. The van der Waals surface area contributed by atoms with Crippen LogP contribution in [0.4, 0.5) is 4.79 Å². The maximum Gasteiger partial charge on any atom is 0.410 e. The summed E-state index contributed by atoms with van der Waals surface area (Å²) < 4.78 is 5.36. The summed E-state index contributed by atoms with van der Waals surface area (Å²) in [6.07, 6.45) is 1.30. The van der Waals surface area contributed by atoms with Gasteiger partial charge in [0.15, 0.2) is 0 Å². The van der Waals surface area contributed by atoms with Gasteiger partial charge >= 0.3 is 6.09 Å². The Bertz CT molecular complexity index is 336. The van der Waals surface area contributed by atoms with E-state index in [0.717, 1.165) is 19.5 Å². The monoisotopic (exact) mass is 267 g/mol. The van der Waals surface area contributed by atoms with E-state index in [-0.39, 0.29) is 6.09 Å². The van der Waals surface area contributed by atoms with Gasteiger partial charge in [0.25, 0.3) is 0 Å². The number of ether oxygens (including phenoxy) is 1. The van der Waals surface area contributed by atoms with Crippen LogP contribution < -0.4 is 0 Å².